The van der Waals surface area contributed by atoms with Gasteiger partial charge in [0, 0.05) is 0 Å². The predicted octanol–water partition coefficient (Wildman–Crippen LogP) is 0.178. The van der Waals surface area contributed by atoms with Crippen molar-refractivity contribution in [3.63, 3.8) is 0 Å². The highest BCUT2D eigenvalue weighted by Crippen LogP contribution is 2.15. The van der Waals surface area contributed by atoms with Gasteiger partial charge >= 0.3 is 5.97 Å². The molecule has 0 fully saturated rings. The minimum atomic E-state index is -1.24. The van der Waals surface area contributed by atoms with Crippen LogP contribution in [-0.4, -0.2) is 37.9 Å². The molecule has 7 heteroatoms. The first-order valence-corrected chi connectivity index (χ1v) is 4.97. The van der Waals surface area contributed by atoms with E-state index in [9.17, 15) is 9.59 Å². The number of nitrogens with zero attached hydrogens (tertiary/aromatic N) is 2. The molecule has 1 aromatic heterocycles. The van der Waals surface area contributed by atoms with Crippen molar-refractivity contribution in [2.75, 3.05) is 0 Å². The van der Waals surface area contributed by atoms with Crippen molar-refractivity contribution in [3.05, 3.63) is 11.9 Å². The number of nitrogens with one attached hydrogen (secondary N) is 2. The first-order chi connectivity index (χ1) is 7.55. The van der Waals surface area contributed by atoms with Gasteiger partial charge in [-0.1, -0.05) is 13.8 Å². The summed E-state index contributed by atoms with van der Waals surface area (Å²) >= 11 is 0. The molecule has 1 rings (SSSR count). The van der Waals surface area contributed by atoms with Crippen LogP contribution in [0.4, 0.5) is 0 Å². The monoisotopic (exact) mass is 226 g/mol. The number of carbonyl (C=O) groups is 2. The number of aliphatic carboxylic acids is 1. The first-order valence-electron chi connectivity index (χ1n) is 4.97. The second-order valence-corrected chi connectivity index (χ2v) is 3.40. The summed E-state index contributed by atoms with van der Waals surface area (Å²) in [6, 6.07) is 0. The maximum Gasteiger partial charge on any atom is 0.329 e. The van der Waals surface area contributed by atoms with Gasteiger partial charge in [-0.3, -0.25) is 4.79 Å². The van der Waals surface area contributed by atoms with E-state index in [0.29, 0.717) is 12.8 Å². The van der Waals surface area contributed by atoms with E-state index < -0.39 is 17.4 Å². The highest BCUT2D eigenvalue weighted by Gasteiger charge is 2.36. The molecule has 1 amide bonds. The number of hydrogen-bond acceptors (Lipinski definition) is 4. The summed E-state index contributed by atoms with van der Waals surface area (Å²) < 4.78 is 0. The average Bonchev–Trinajstić information content (AvgIpc) is 2.78. The maximum atomic E-state index is 11.6. The van der Waals surface area contributed by atoms with E-state index in [1.165, 1.54) is 6.20 Å². The molecule has 0 saturated carbocycles. The number of H-pyrrole nitrogens is 1. The van der Waals surface area contributed by atoms with Gasteiger partial charge in [-0.25, -0.2) is 4.79 Å². The number of amides is 1. The second-order valence-electron chi connectivity index (χ2n) is 3.40. The van der Waals surface area contributed by atoms with E-state index in [1.54, 1.807) is 13.8 Å². The number of carboxylic acids is 1. The number of rotatable bonds is 5. The molecule has 0 atom stereocenters. The Morgan fingerprint density at radius 2 is 2.12 bits per heavy atom. The highest BCUT2D eigenvalue weighted by atomic mass is 16.4. The van der Waals surface area contributed by atoms with E-state index in [2.05, 4.69) is 20.7 Å². The van der Waals surface area contributed by atoms with E-state index in [0.717, 1.165) is 0 Å². The molecule has 0 radical (unpaired) electrons. The maximum absolute atomic E-state index is 11.6. The number of carboxylic acid groups (broad SMARTS) is 1. The summed E-state index contributed by atoms with van der Waals surface area (Å²) in [7, 11) is 0. The summed E-state index contributed by atoms with van der Waals surface area (Å²) in [5.74, 6) is -1.59. The predicted molar refractivity (Wildman–Crippen MR) is 54.8 cm³/mol. The largest absolute Gasteiger partial charge is 0.480 e. The number of aromatic nitrogens is 3. The van der Waals surface area contributed by atoms with Crippen molar-refractivity contribution in [1.29, 1.82) is 0 Å². The van der Waals surface area contributed by atoms with Gasteiger partial charge in [0.05, 0.1) is 6.20 Å². The van der Waals surface area contributed by atoms with Crippen molar-refractivity contribution >= 4 is 11.9 Å². The third kappa shape index (κ3) is 2.18. The molecular formula is C9H14N4O3. The fourth-order valence-corrected chi connectivity index (χ4v) is 1.38. The summed E-state index contributed by atoms with van der Waals surface area (Å²) in [5.41, 5.74) is -1.16. The Balaban J connectivity index is 2.84. The fraction of sp³-hybridized carbons (Fsp3) is 0.556. The van der Waals surface area contributed by atoms with E-state index >= 15 is 0 Å². The molecule has 7 nitrogen and oxygen atoms in total. The molecule has 0 aliphatic heterocycles. The van der Waals surface area contributed by atoms with Crippen molar-refractivity contribution in [3.8, 4) is 0 Å². The number of hydrogen-bond donors (Lipinski definition) is 3. The molecule has 0 aliphatic carbocycles. The normalized spacial score (nSPS) is 11.1. The number of carbonyl (C=O) groups excluding carboxylic acids is 1. The van der Waals surface area contributed by atoms with Crippen LogP contribution in [0.2, 0.25) is 0 Å². The molecule has 0 aliphatic rings. The molecule has 0 saturated heterocycles. The van der Waals surface area contributed by atoms with Crippen LogP contribution in [-0.2, 0) is 4.79 Å². The Kier molecular flexibility index (Phi) is 3.60. The van der Waals surface area contributed by atoms with Gasteiger partial charge in [-0.05, 0) is 12.8 Å². The van der Waals surface area contributed by atoms with Gasteiger partial charge in [0.2, 0.25) is 0 Å². The Hall–Kier alpha value is -1.92. The van der Waals surface area contributed by atoms with Crippen LogP contribution in [0.3, 0.4) is 0 Å². The zero-order chi connectivity index (χ0) is 12.2. The van der Waals surface area contributed by atoms with E-state index in [-0.39, 0.29) is 5.69 Å². The van der Waals surface area contributed by atoms with Gasteiger partial charge < -0.3 is 10.4 Å². The van der Waals surface area contributed by atoms with E-state index in [4.69, 9.17) is 5.11 Å². The third-order valence-corrected chi connectivity index (χ3v) is 2.62. The summed E-state index contributed by atoms with van der Waals surface area (Å²) in [6.07, 6.45) is 1.86. The lowest BCUT2D eigenvalue weighted by molar-refractivity contribution is -0.144. The van der Waals surface area contributed by atoms with Crippen LogP contribution in [0, 0.1) is 0 Å². The van der Waals surface area contributed by atoms with E-state index in [1.807, 2.05) is 0 Å². The smallest absolute Gasteiger partial charge is 0.329 e. The second kappa shape index (κ2) is 4.73. The lowest BCUT2D eigenvalue weighted by atomic mass is 9.93. The topological polar surface area (TPSA) is 108 Å². The summed E-state index contributed by atoms with van der Waals surface area (Å²) in [4.78, 5) is 22.8. The zero-order valence-electron chi connectivity index (χ0n) is 9.15. The van der Waals surface area contributed by atoms with Crippen molar-refractivity contribution in [2.45, 2.75) is 32.2 Å². The minimum Gasteiger partial charge on any atom is -0.480 e. The van der Waals surface area contributed by atoms with Crippen LogP contribution in [0.5, 0.6) is 0 Å². The fourth-order valence-electron chi connectivity index (χ4n) is 1.38. The minimum absolute atomic E-state index is 0.0764. The molecular weight excluding hydrogens is 212 g/mol. The highest BCUT2D eigenvalue weighted by molar-refractivity contribution is 5.96. The molecule has 0 spiro atoms. The molecule has 88 valence electrons. The lowest BCUT2D eigenvalue weighted by Crippen LogP contribution is -2.53. The standard InChI is InChI=1S/C9H14N4O3/c1-3-9(4-2,8(15)16)11-7(14)6-5-10-13-12-6/h5H,3-4H2,1-2H3,(H,11,14)(H,15,16)(H,10,12,13). The quantitative estimate of drug-likeness (QED) is 0.663. The van der Waals surface area contributed by atoms with Crippen LogP contribution < -0.4 is 5.32 Å². The summed E-state index contributed by atoms with van der Waals surface area (Å²) in [6.45, 7) is 3.42. The van der Waals surface area contributed by atoms with Crippen molar-refractivity contribution in [1.82, 2.24) is 20.7 Å². The van der Waals surface area contributed by atoms with Gasteiger partial charge in [-0.2, -0.15) is 15.4 Å². The zero-order valence-corrected chi connectivity index (χ0v) is 9.15. The van der Waals surface area contributed by atoms with Crippen LogP contribution in [0.1, 0.15) is 37.2 Å². The molecule has 0 unspecified atom stereocenters. The van der Waals surface area contributed by atoms with Crippen LogP contribution >= 0.6 is 0 Å². The Morgan fingerprint density at radius 3 is 2.50 bits per heavy atom. The lowest BCUT2D eigenvalue weighted by Gasteiger charge is -2.27. The van der Waals surface area contributed by atoms with Crippen molar-refractivity contribution in [2.24, 2.45) is 0 Å². The van der Waals surface area contributed by atoms with Crippen LogP contribution in [0.25, 0.3) is 0 Å². The molecule has 16 heavy (non-hydrogen) atoms. The van der Waals surface area contributed by atoms with Gasteiger partial charge in [0.1, 0.15) is 5.54 Å². The SMILES string of the molecule is CCC(CC)(NC(=O)c1cn[nH]n1)C(=O)O. The van der Waals surface area contributed by atoms with Gasteiger partial charge in [0.15, 0.2) is 5.69 Å². The summed E-state index contributed by atoms with van der Waals surface area (Å²) in [5, 5.41) is 20.9. The van der Waals surface area contributed by atoms with Crippen LogP contribution in [0.15, 0.2) is 6.20 Å². The molecule has 1 heterocycles. The number of aromatic amines is 1. The first kappa shape index (κ1) is 12.2. The van der Waals surface area contributed by atoms with Crippen molar-refractivity contribution < 1.29 is 14.7 Å². The Bertz CT molecular complexity index is 370. The Labute approximate surface area is 92.2 Å². The van der Waals surface area contributed by atoms with Gasteiger partial charge in [-0.15, -0.1) is 0 Å². The Morgan fingerprint density at radius 1 is 1.50 bits per heavy atom. The molecule has 3 N–H and O–H groups in total. The van der Waals surface area contributed by atoms with Gasteiger partial charge in [0.25, 0.3) is 5.91 Å². The molecule has 1 aromatic rings. The average molecular weight is 226 g/mol. The molecule has 0 aromatic carbocycles. The molecule has 0 bridgehead atoms. The third-order valence-electron chi connectivity index (χ3n) is 2.62.